The third-order valence-electron chi connectivity index (χ3n) is 3.25. The van der Waals surface area contributed by atoms with E-state index in [9.17, 15) is 13.2 Å². The Morgan fingerprint density at radius 1 is 1.50 bits per heavy atom. The van der Waals surface area contributed by atoms with Crippen LogP contribution in [-0.2, 0) is 20.6 Å². The monoisotopic (exact) mass is 294 g/mol. The van der Waals surface area contributed by atoms with E-state index in [4.69, 9.17) is 10.4 Å². The highest BCUT2D eigenvalue weighted by Crippen LogP contribution is 2.23. The number of carbonyl (C=O) groups is 1. The maximum atomic E-state index is 12.3. The fourth-order valence-corrected chi connectivity index (χ4v) is 4.10. The first kappa shape index (κ1) is 14.5. The number of benzene rings is 1. The second kappa shape index (κ2) is 5.61. The van der Waals surface area contributed by atoms with Crippen LogP contribution in [0.15, 0.2) is 24.3 Å². The molecule has 1 atom stereocenters. The van der Waals surface area contributed by atoms with Gasteiger partial charge < -0.3 is 5.11 Å². The quantitative estimate of drug-likeness (QED) is 0.891. The average molecular weight is 294 g/mol. The van der Waals surface area contributed by atoms with Crippen molar-refractivity contribution in [3.8, 4) is 6.07 Å². The van der Waals surface area contributed by atoms with Crippen LogP contribution in [0.25, 0.3) is 0 Å². The summed E-state index contributed by atoms with van der Waals surface area (Å²) >= 11 is 0. The summed E-state index contributed by atoms with van der Waals surface area (Å²) in [4.78, 5) is 11.1. The van der Waals surface area contributed by atoms with Crippen LogP contribution in [0.5, 0.6) is 0 Å². The second-order valence-corrected chi connectivity index (χ2v) is 6.60. The molecule has 1 aromatic rings. The van der Waals surface area contributed by atoms with E-state index in [1.54, 1.807) is 18.2 Å². The minimum absolute atomic E-state index is 0.233. The van der Waals surface area contributed by atoms with E-state index < -0.39 is 22.0 Å². The van der Waals surface area contributed by atoms with Crippen LogP contribution in [-0.4, -0.2) is 36.4 Å². The van der Waals surface area contributed by atoms with Gasteiger partial charge >= 0.3 is 5.97 Å². The van der Waals surface area contributed by atoms with E-state index in [0.29, 0.717) is 24.0 Å². The van der Waals surface area contributed by atoms with Crippen molar-refractivity contribution in [2.45, 2.75) is 24.6 Å². The number of nitrogens with zero attached hydrogens (tertiary/aromatic N) is 2. The first-order chi connectivity index (χ1) is 9.44. The SMILES string of the molecule is N#Cc1cccc(CS(=O)(=O)N2CCCC2C(=O)O)c1. The zero-order valence-corrected chi connectivity index (χ0v) is 11.5. The Labute approximate surface area is 117 Å². The Morgan fingerprint density at radius 3 is 2.90 bits per heavy atom. The van der Waals surface area contributed by atoms with Gasteiger partial charge in [0.05, 0.1) is 17.4 Å². The first-order valence-electron chi connectivity index (χ1n) is 6.15. The number of sulfonamides is 1. The van der Waals surface area contributed by atoms with Gasteiger partial charge in [-0.05, 0) is 30.5 Å². The van der Waals surface area contributed by atoms with Gasteiger partial charge in [0.15, 0.2) is 0 Å². The van der Waals surface area contributed by atoms with Crippen LogP contribution in [0.1, 0.15) is 24.0 Å². The van der Waals surface area contributed by atoms with Crippen LogP contribution in [0, 0.1) is 11.3 Å². The van der Waals surface area contributed by atoms with E-state index in [2.05, 4.69) is 0 Å². The predicted molar refractivity (Wildman–Crippen MR) is 71.1 cm³/mol. The van der Waals surface area contributed by atoms with Gasteiger partial charge in [0.2, 0.25) is 10.0 Å². The van der Waals surface area contributed by atoms with E-state index in [1.807, 2.05) is 6.07 Å². The van der Waals surface area contributed by atoms with E-state index >= 15 is 0 Å². The molecule has 1 unspecified atom stereocenters. The molecule has 1 aromatic carbocycles. The van der Waals surface area contributed by atoms with E-state index in [1.165, 1.54) is 6.07 Å². The highest BCUT2D eigenvalue weighted by atomic mass is 32.2. The maximum absolute atomic E-state index is 12.3. The molecule has 0 saturated carbocycles. The summed E-state index contributed by atoms with van der Waals surface area (Å²) in [5, 5.41) is 17.8. The molecule has 1 heterocycles. The molecule has 106 valence electrons. The topological polar surface area (TPSA) is 98.5 Å². The molecule has 0 bridgehead atoms. The smallest absolute Gasteiger partial charge is 0.322 e. The van der Waals surface area contributed by atoms with Gasteiger partial charge in [0.25, 0.3) is 0 Å². The largest absolute Gasteiger partial charge is 0.480 e. The minimum atomic E-state index is -3.69. The molecule has 1 fully saturated rings. The Hall–Kier alpha value is -1.91. The summed E-state index contributed by atoms with van der Waals surface area (Å²) in [6.45, 7) is 0.233. The summed E-state index contributed by atoms with van der Waals surface area (Å²) < 4.78 is 25.6. The number of hydrogen-bond donors (Lipinski definition) is 1. The molecule has 0 amide bonds. The normalized spacial score (nSPS) is 19.6. The van der Waals surface area contributed by atoms with Gasteiger partial charge in [0.1, 0.15) is 6.04 Å². The van der Waals surface area contributed by atoms with Crippen molar-refractivity contribution < 1.29 is 18.3 Å². The van der Waals surface area contributed by atoms with Crippen LogP contribution in [0.3, 0.4) is 0 Å². The Bertz CT molecular complexity index is 663. The summed E-state index contributed by atoms with van der Waals surface area (Å²) in [7, 11) is -3.69. The zero-order chi connectivity index (χ0) is 14.8. The van der Waals surface area contributed by atoms with Crippen LogP contribution < -0.4 is 0 Å². The van der Waals surface area contributed by atoms with Gasteiger partial charge in [-0.25, -0.2) is 8.42 Å². The van der Waals surface area contributed by atoms with Crippen molar-refractivity contribution in [2.24, 2.45) is 0 Å². The minimum Gasteiger partial charge on any atom is -0.480 e. The van der Waals surface area contributed by atoms with E-state index in [-0.39, 0.29) is 12.3 Å². The summed E-state index contributed by atoms with van der Waals surface area (Å²) in [5.41, 5.74) is 0.869. The lowest BCUT2D eigenvalue weighted by Gasteiger charge is -2.20. The van der Waals surface area contributed by atoms with Gasteiger partial charge in [-0.15, -0.1) is 0 Å². The molecule has 7 heteroatoms. The van der Waals surface area contributed by atoms with Crippen molar-refractivity contribution in [1.82, 2.24) is 4.31 Å². The Balaban J connectivity index is 2.23. The molecule has 1 aliphatic heterocycles. The molecule has 1 saturated heterocycles. The second-order valence-electron chi connectivity index (χ2n) is 4.68. The molecule has 2 rings (SSSR count). The van der Waals surface area contributed by atoms with Crippen molar-refractivity contribution in [1.29, 1.82) is 5.26 Å². The fraction of sp³-hybridized carbons (Fsp3) is 0.385. The molecule has 0 aromatic heterocycles. The highest BCUT2D eigenvalue weighted by Gasteiger charge is 2.38. The standard InChI is InChI=1S/C13H14N2O4S/c14-8-10-3-1-4-11(7-10)9-20(18,19)15-6-2-5-12(15)13(16)17/h1,3-4,7,12H,2,5-6,9H2,(H,16,17). The van der Waals surface area contributed by atoms with Gasteiger partial charge in [-0.2, -0.15) is 9.57 Å². The Kier molecular flexibility index (Phi) is 4.06. The number of aliphatic carboxylic acids is 1. The lowest BCUT2D eigenvalue weighted by atomic mass is 10.2. The van der Waals surface area contributed by atoms with Crippen LogP contribution in [0.4, 0.5) is 0 Å². The summed E-state index contributed by atoms with van der Waals surface area (Å²) in [6, 6.07) is 7.30. The molecule has 6 nitrogen and oxygen atoms in total. The van der Waals surface area contributed by atoms with Crippen LogP contribution >= 0.6 is 0 Å². The van der Waals surface area contributed by atoms with Gasteiger partial charge in [-0.3, -0.25) is 4.79 Å². The fourth-order valence-electron chi connectivity index (χ4n) is 2.34. The third kappa shape index (κ3) is 2.98. The van der Waals surface area contributed by atoms with Crippen molar-refractivity contribution in [3.05, 3.63) is 35.4 Å². The average Bonchev–Trinajstić information content (AvgIpc) is 2.88. The molecular formula is C13H14N2O4S. The highest BCUT2D eigenvalue weighted by molar-refractivity contribution is 7.88. The van der Waals surface area contributed by atoms with E-state index in [0.717, 1.165) is 4.31 Å². The van der Waals surface area contributed by atoms with Gasteiger partial charge in [-0.1, -0.05) is 12.1 Å². The summed E-state index contributed by atoms with van der Waals surface area (Å²) in [6.07, 6.45) is 0.890. The lowest BCUT2D eigenvalue weighted by Crippen LogP contribution is -2.40. The third-order valence-corrected chi connectivity index (χ3v) is 5.10. The lowest BCUT2D eigenvalue weighted by molar-refractivity contribution is -0.140. The molecular weight excluding hydrogens is 280 g/mol. The number of carboxylic acids is 1. The van der Waals surface area contributed by atoms with Crippen LogP contribution in [0.2, 0.25) is 0 Å². The van der Waals surface area contributed by atoms with Crippen molar-refractivity contribution in [3.63, 3.8) is 0 Å². The molecule has 1 aliphatic rings. The number of nitriles is 1. The summed E-state index contributed by atoms with van der Waals surface area (Å²) in [5.74, 6) is -1.40. The number of carboxylic acid groups (broad SMARTS) is 1. The molecule has 20 heavy (non-hydrogen) atoms. The molecule has 0 spiro atoms. The van der Waals surface area contributed by atoms with Gasteiger partial charge in [0, 0.05) is 6.54 Å². The number of rotatable bonds is 4. The zero-order valence-electron chi connectivity index (χ0n) is 10.7. The first-order valence-corrected chi connectivity index (χ1v) is 7.76. The molecule has 0 aliphatic carbocycles. The molecule has 0 radical (unpaired) electrons. The van der Waals surface area contributed by atoms with Crippen molar-refractivity contribution >= 4 is 16.0 Å². The number of hydrogen-bond acceptors (Lipinski definition) is 4. The maximum Gasteiger partial charge on any atom is 0.322 e. The predicted octanol–water partition coefficient (Wildman–Crippen LogP) is 0.937. The van der Waals surface area contributed by atoms with Crippen molar-refractivity contribution in [2.75, 3.05) is 6.54 Å². The Morgan fingerprint density at radius 2 is 2.25 bits per heavy atom. The molecule has 1 N–H and O–H groups in total.